The van der Waals surface area contributed by atoms with E-state index in [1.54, 1.807) is 7.11 Å². The van der Waals surface area contributed by atoms with Crippen LogP contribution < -0.4 is 4.74 Å². The molecule has 1 aliphatic rings. The number of nitrogens with zero attached hydrogens (tertiary/aromatic N) is 2. The first-order valence-corrected chi connectivity index (χ1v) is 12.1. The van der Waals surface area contributed by atoms with Crippen LogP contribution in [0.3, 0.4) is 0 Å². The predicted octanol–water partition coefficient (Wildman–Crippen LogP) is 6.27. The minimum Gasteiger partial charge on any atom is -0.496 e. The Kier molecular flexibility index (Phi) is 7.04. The van der Waals surface area contributed by atoms with Crippen LogP contribution in [0.5, 0.6) is 5.75 Å². The van der Waals surface area contributed by atoms with Gasteiger partial charge >= 0.3 is 0 Å². The molecule has 5 rings (SSSR count). The lowest BCUT2D eigenvalue weighted by molar-refractivity contribution is 0.104. The number of piperazine rings is 1. The fraction of sp³-hybridized carbons (Fsp3) is 0.226. The minimum atomic E-state index is 0.288. The summed E-state index contributed by atoms with van der Waals surface area (Å²) in [6.07, 6.45) is 0. The van der Waals surface area contributed by atoms with Crippen molar-refractivity contribution in [2.45, 2.75) is 12.6 Å². The Hall–Kier alpha value is -3.40. The average Bonchev–Trinajstić information content (AvgIpc) is 2.92. The van der Waals surface area contributed by atoms with Gasteiger partial charge in [-0.2, -0.15) is 0 Å². The van der Waals surface area contributed by atoms with Crippen LogP contribution in [0.1, 0.15) is 22.7 Å². The van der Waals surface area contributed by atoms with E-state index in [1.165, 1.54) is 27.8 Å². The zero-order chi connectivity index (χ0) is 23.2. The summed E-state index contributed by atoms with van der Waals surface area (Å²) in [6, 6.07) is 39.1. The summed E-state index contributed by atoms with van der Waals surface area (Å²) in [5, 5.41) is 0. The van der Waals surface area contributed by atoms with Gasteiger partial charge in [0, 0.05) is 38.3 Å². The fourth-order valence-corrected chi connectivity index (χ4v) is 5.10. The van der Waals surface area contributed by atoms with Gasteiger partial charge in [0.1, 0.15) is 5.75 Å². The van der Waals surface area contributed by atoms with E-state index in [4.69, 9.17) is 4.74 Å². The number of ether oxygens (including phenoxy) is 1. The highest BCUT2D eigenvalue weighted by atomic mass is 16.5. The Bertz CT molecular complexity index is 1130. The molecule has 0 radical (unpaired) electrons. The van der Waals surface area contributed by atoms with E-state index in [0.717, 1.165) is 38.5 Å². The maximum atomic E-state index is 5.79. The van der Waals surface area contributed by atoms with Gasteiger partial charge in [-0.15, -0.1) is 0 Å². The summed E-state index contributed by atoms with van der Waals surface area (Å²) in [6.45, 7) is 5.02. The van der Waals surface area contributed by atoms with Crippen molar-refractivity contribution in [2.75, 3.05) is 33.3 Å². The Morgan fingerprint density at radius 2 is 1.21 bits per heavy atom. The maximum Gasteiger partial charge on any atom is 0.123 e. The molecule has 172 valence electrons. The molecule has 0 spiro atoms. The maximum absolute atomic E-state index is 5.79. The van der Waals surface area contributed by atoms with E-state index in [9.17, 15) is 0 Å². The highest BCUT2D eigenvalue weighted by Gasteiger charge is 2.27. The first-order chi connectivity index (χ1) is 16.8. The van der Waals surface area contributed by atoms with Crippen molar-refractivity contribution in [1.29, 1.82) is 0 Å². The average molecular weight is 449 g/mol. The molecule has 1 saturated heterocycles. The van der Waals surface area contributed by atoms with Gasteiger partial charge in [-0.1, -0.05) is 103 Å². The molecular weight excluding hydrogens is 416 g/mol. The van der Waals surface area contributed by atoms with Crippen molar-refractivity contribution >= 4 is 0 Å². The van der Waals surface area contributed by atoms with Crippen molar-refractivity contribution < 1.29 is 4.74 Å². The third kappa shape index (κ3) is 4.91. The number of hydrogen-bond donors (Lipinski definition) is 0. The lowest BCUT2D eigenvalue weighted by Gasteiger charge is -2.40. The van der Waals surface area contributed by atoms with Crippen molar-refractivity contribution in [1.82, 2.24) is 9.80 Å². The molecular formula is C31H32N2O. The monoisotopic (exact) mass is 448 g/mol. The highest BCUT2D eigenvalue weighted by Crippen LogP contribution is 2.33. The van der Waals surface area contributed by atoms with Gasteiger partial charge in [0.25, 0.3) is 0 Å². The molecule has 4 aromatic rings. The summed E-state index contributed by atoms with van der Waals surface area (Å²) >= 11 is 0. The van der Waals surface area contributed by atoms with Crippen molar-refractivity contribution in [3.8, 4) is 16.9 Å². The standard InChI is InChI=1S/C31H32N2O/c1-34-30-19-11-18-28(25-12-5-2-6-13-25)29(30)24-32-20-22-33(23-21-32)31(26-14-7-3-8-15-26)27-16-9-4-10-17-27/h2-19,31H,20-24H2,1H3. The van der Waals surface area contributed by atoms with Gasteiger partial charge in [0.15, 0.2) is 0 Å². The molecule has 0 atom stereocenters. The Labute approximate surface area is 203 Å². The Morgan fingerprint density at radius 3 is 1.76 bits per heavy atom. The molecule has 1 aliphatic heterocycles. The van der Waals surface area contributed by atoms with Crippen molar-refractivity contribution in [3.63, 3.8) is 0 Å². The van der Waals surface area contributed by atoms with E-state index in [-0.39, 0.29) is 6.04 Å². The molecule has 0 unspecified atom stereocenters. The molecule has 0 bridgehead atoms. The van der Waals surface area contributed by atoms with Gasteiger partial charge in [-0.3, -0.25) is 9.80 Å². The van der Waals surface area contributed by atoms with Crippen molar-refractivity contribution in [2.24, 2.45) is 0 Å². The largest absolute Gasteiger partial charge is 0.496 e. The van der Waals surface area contributed by atoms with Gasteiger partial charge in [-0.25, -0.2) is 0 Å². The van der Waals surface area contributed by atoms with Crippen LogP contribution in [-0.4, -0.2) is 43.1 Å². The molecule has 0 saturated carbocycles. The van der Waals surface area contributed by atoms with Crippen LogP contribution in [-0.2, 0) is 6.54 Å². The van der Waals surface area contributed by atoms with E-state index in [2.05, 4.69) is 119 Å². The van der Waals surface area contributed by atoms with Crippen molar-refractivity contribution in [3.05, 3.63) is 126 Å². The Balaban J connectivity index is 1.35. The second kappa shape index (κ2) is 10.7. The summed E-state index contributed by atoms with van der Waals surface area (Å²) in [5.74, 6) is 0.968. The second-order valence-corrected chi connectivity index (χ2v) is 8.89. The zero-order valence-electron chi connectivity index (χ0n) is 19.8. The van der Waals surface area contributed by atoms with Crippen LogP contribution in [0, 0.1) is 0 Å². The normalized spacial score (nSPS) is 14.9. The minimum absolute atomic E-state index is 0.288. The van der Waals surface area contributed by atoms with Crippen LogP contribution in [0.2, 0.25) is 0 Å². The molecule has 3 nitrogen and oxygen atoms in total. The van der Waals surface area contributed by atoms with Gasteiger partial charge in [0.2, 0.25) is 0 Å². The zero-order valence-corrected chi connectivity index (χ0v) is 19.8. The van der Waals surface area contributed by atoms with Gasteiger partial charge in [-0.05, 0) is 28.3 Å². The summed E-state index contributed by atoms with van der Waals surface area (Å²) in [5.41, 5.74) is 6.49. The number of rotatable bonds is 7. The molecule has 0 aliphatic carbocycles. The van der Waals surface area contributed by atoms with Gasteiger partial charge in [0.05, 0.1) is 13.2 Å². The first kappa shape index (κ1) is 22.4. The molecule has 1 heterocycles. The van der Waals surface area contributed by atoms with E-state index < -0.39 is 0 Å². The number of hydrogen-bond acceptors (Lipinski definition) is 3. The van der Waals surface area contributed by atoms with Crippen LogP contribution in [0.4, 0.5) is 0 Å². The lowest BCUT2D eigenvalue weighted by atomic mass is 9.96. The molecule has 3 heteroatoms. The molecule has 4 aromatic carbocycles. The molecule has 0 amide bonds. The van der Waals surface area contributed by atoms with Crippen LogP contribution in [0.25, 0.3) is 11.1 Å². The summed E-state index contributed by atoms with van der Waals surface area (Å²) < 4.78 is 5.79. The SMILES string of the molecule is COc1cccc(-c2ccccc2)c1CN1CCN(C(c2ccccc2)c2ccccc2)CC1. The van der Waals surface area contributed by atoms with Crippen LogP contribution in [0.15, 0.2) is 109 Å². The van der Waals surface area contributed by atoms with Gasteiger partial charge < -0.3 is 4.74 Å². The quantitative estimate of drug-likeness (QED) is 0.331. The molecule has 1 fully saturated rings. The third-order valence-electron chi connectivity index (χ3n) is 6.82. The van der Waals surface area contributed by atoms with E-state index in [0.29, 0.717) is 0 Å². The lowest BCUT2D eigenvalue weighted by Crippen LogP contribution is -2.47. The number of benzene rings is 4. The third-order valence-corrected chi connectivity index (χ3v) is 6.82. The fourth-order valence-electron chi connectivity index (χ4n) is 5.10. The number of methoxy groups -OCH3 is 1. The topological polar surface area (TPSA) is 15.7 Å². The molecule has 0 aromatic heterocycles. The van der Waals surface area contributed by atoms with E-state index in [1.807, 2.05) is 0 Å². The molecule has 0 N–H and O–H groups in total. The Morgan fingerprint density at radius 1 is 0.647 bits per heavy atom. The summed E-state index contributed by atoms with van der Waals surface area (Å²) in [7, 11) is 1.77. The van der Waals surface area contributed by atoms with E-state index >= 15 is 0 Å². The van der Waals surface area contributed by atoms with Crippen LogP contribution >= 0.6 is 0 Å². The predicted molar refractivity (Wildman–Crippen MR) is 140 cm³/mol. The first-order valence-electron chi connectivity index (χ1n) is 12.1. The summed E-state index contributed by atoms with van der Waals surface area (Å²) in [4.78, 5) is 5.19. The highest BCUT2D eigenvalue weighted by molar-refractivity contribution is 5.70. The smallest absolute Gasteiger partial charge is 0.123 e. The molecule has 34 heavy (non-hydrogen) atoms. The second-order valence-electron chi connectivity index (χ2n) is 8.89.